The van der Waals surface area contributed by atoms with Crippen molar-refractivity contribution in [3.63, 3.8) is 0 Å². The number of sulfonamides is 1. The zero-order valence-corrected chi connectivity index (χ0v) is 12.1. The molecule has 0 fully saturated rings. The van der Waals surface area contributed by atoms with Gasteiger partial charge >= 0.3 is 0 Å². The van der Waals surface area contributed by atoms with Gasteiger partial charge in [0.2, 0.25) is 10.0 Å². The van der Waals surface area contributed by atoms with Crippen LogP contribution in [0.3, 0.4) is 0 Å². The molecule has 1 unspecified atom stereocenters. The third-order valence-electron chi connectivity index (χ3n) is 2.58. The van der Waals surface area contributed by atoms with Gasteiger partial charge in [0, 0.05) is 11.1 Å². The fourth-order valence-electron chi connectivity index (χ4n) is 1.65. The van der Waals surface area contributed by atoms with Crippen LogP contribution in [0.4, 0.5) is 0 Å². The second-order valence-electron chi connectivity index (χ2n) is 4.22. The van der Waals surface area contributed by atoms with E-state index in [0.717, 1.165) is 12.8 Å². The van der Waals surface area contributed by atoms with Crippen LogP contribution in [0.5, 0.6) is 0 Å². The van der Waals surface area contributed by atoms with Gasteiger partial charge in [-0.15, -0.1) is 0 Å². The van der Waals surface area contributed by atoms with Crippen LogP contribution in [0.2, 0.25) is 5.02 Å². The summed E-state index contributed by atoms with van der Waals surface area (Å²) >= 11 is 5.88. The summed E-state index contributed by atoms with van der Waals surface area (Å²) in [5.74, 6) is 0. The van der Waals surface area contributed by atoms with Crippen molar-refractivity contribution in [1.82, 2.24) is 4.72 Å². The summed E-state index contributed by atoms with van der Waals surface area (Å²) in [5.41, 5.74) is 0.511. The van der Waals surface area contributed by atoms with E-state index in [1.807, 2.05) is 13.8 Å². The van der Waals surface area contributed by atoms with E-state index in [9.17, 15) is 8.42 Å². The molecule has 0 aliphatic rings. The lowest BCUT2D eigenvalue weighted by Gasteiger charge is -2.13. The summed E-state index contributed by atoms with van der Waals surface area (Å²) in [6.45, 7) is 3.61. The largest absolute Gasteiger partial charge is 0.392 e. The Hall–Kier alpha value is -0.620. The first-order valence-corrected chi connectivity index (χ1v) is 7.68. The number of nitrogens with one attached hydrogen (secondary N) is 1. The molecule has 0 amide bonds. The Balaban J connectivity index is 2.95. The highest BCUT2D eigenvalue weighted by atomic mass is 35.5. The van der Waals surface area contributed by atoms with Crippen molar-refractivity contribution in [2.45, 2.75) is 44.2 Å². The molecule has 18 heavy (non-hydrogen) atoms. The molecule has 0 spiro atoms. The predicted molar refractivity (Wildman–Crippen MR) is 72.1 cm³/mol. The third kappa shape index (κ3) is 3.95. The van der Waals surface area contributed by atoms with Crippen LogP contribution in [0.15, 0.2) is 23.1 Å². The minimum Gasteiger partial charge on any atom is -0.392 e. The number of rotatable bonds is 6. The maximum Gasteiger partial charge on any atom is 0.240 e. The summed E-state index contributed by atoms with van der Waals surface area (Å²) in [6.07, 6.45) is 1.69. The monoisotopic (exact) mass is 291 g/mol. The van der Waals surface area contributed by atoms with E-state index in [0.29, 0.717) is 5.56 Å². The molecule has 1 atom stereocenters. The first kappa shape index (κ1) is 15.4. The van der Waals surface area contributed by atoms with Gasteiger partial charge in [0.25, 0.3) is 0 Å². The lowest BCUT2D eigenvalue weighted by molar-refractivity contribution is 0.282. The van der Waals surface area contributed by atoms with Crippen LogP contribution in [-0.4, -0.2) is 19.6 Å². The van der Waals surface area contributed by atoms with Crippen molar-refractivity contribution in [3.05, 3.63) is 28.8 Å². The van der Waals surface area contributed by atoms with Gasteiger partial charge in [-0.2, -0.15) is 0 Å². The van der Waals surface area contributed by atoms with Gasteiger partial charge in [0.05, 0.1) is 11.5 Å². The average molecular weight is 292 g/mol. The normalized spacial score (nSPS) is 13.6. The molecule has 0 heterocycles. The molecular formula is C12H18ClNO3S. The smallest absolute Gasteiger partial charge is 0.240 e. The Morgan fingerprint density at radius 3 is 2.61 bits per heavy atom. The van der Waals surface area contributed by atoms with Gasteiger partial charge in [-0.1, -0.05) is 31.0 Å². The lowest BCUT2D eigenvalue weighted by atomic mass is 10.2. The maximum atomic E-state index is 12.0. The molecule has 102 valence electrons. The minimum atomic E-state index is -3.55. The summed E-state index contributed by atoms with van der Waals surface area (Å²) < 4.78 is 26.7. The average Bonchev–Trinajstić information content (AvgIpc) is 2.28. The maximum absolute atomic E-state index is 12.0. The minimum absolute atomic E-state index is 0.115. The summed E-state index contributed by atoms with van der Waals surface area (Å²) in [4.78, 5) is 0.118. The molecule has 0 saturated carbocycles. The molecule has 0 aliphatic carbocycles. The zero-order chi connectivity index (χ0) is 13.8. The van der Waals surface area contributed by atoms with Crippen molar-refractivity contribution >= 4 is 21.6 Å². The molecule has 6 heteroatoms. The number of halogens is 1. The van der Waals surface area contributed by atoms with E-state index in [1.165, 1.54) is 18.2 Å². The second kappa shape index (κ2) is 6.52. The number of aliphatic hydroxyl groups excluding tert-OH is 1. The van der Waals surface area contributed by atoms with Gasteiger partial charge in [-0.25, -0.2) is 13.1 Å². The van der Waals surface area contributed by atoms with Crippen LogP contribution < -0.4 is 4.72 Å². The topological polar surface area (TPSA) is 66.4 Å². The third-order valence-corrected chi connectivity index (χ3v) is 4.52. The standard InChI is InChI=1S/C12H18ClNO3S/c1-3-4-9(2)14-18(16,17)11-6-5-10(8-15)12(13)7-11/h5-7,9,14-15H,3-4,8H2,1-2H3. The molecular weight excluding hydrogens is 274 g/mol. The van der Waals surface area contributed by atoms with Crippen LogP contribution in [0, 0.1) is 0 Å². The highest BCUT2D eigenvalue weighted by Gasteiger charge is 2.17. The predicted octanol–water partition coefficient (Wildman–Crippen LogP) is 2.30. The van der Waals surface area contributed by atoms with Crippen LogP contribution in [0.25, 0.3) is 0 Å². The Morgan fingerprint density at radius 1 is 1.44 bits per heavy atom. The summed E-state index contributed by atoms with van der Waals surface area (Å²) in [5, 5.41) is 9.23. The molecule has 0 aliphatic heterocycles. The Morgan fingerprint density at radius 2 is 2.11 bits per heavy atom. The number of hydrogen-bond donors (Lipinski definition) is 2. The Kier molecular flexibility index (Phi) is 5.59. The van der Waals surface area contributed by atoms with E-state index in [-0.39, 0.29) is 22.6 Å². The Bertz CT molecular complexity index is 502. The van der Waals surface area contributed by atoms with Crippen LogP contribution >= 0.6 is 11.6 Å². The molecule has 4 nitrogen and oxygen atoms in total. The van der Waals surface area contributed by atoms with Crippen LogP contribution in [0.1, 0.15) is 32.3 Å². The molecule has 0 radical (unpaired) electrons. The molecule has 0 bridgehead atoms. The SMILES string of the molecule is CCCC(C)NS(=O)(=O)c1ccc(CO)c(Cl)c1. The molecule has 1 rings (SSSR count). The summed E-state index contributed by atoms with van der Waals surface area (Å²) in [6, 6.07) is 4.20. The highest BCUT2D eigenvalue weighted by molar-refractivity contribution is 7.89. The van der Waals surface area contributed by atoms with Gasteiger partial charge in [-0.05, 0) is 31.0 Å². The van der Waals surface area contributed by atoms with Gasteiger partial charge in [0.15, 0.2) is 0 Å². The second-order valence-corrected chi connectivity index (χ2v) is 6.34. The van der Waals surface area contributed by atoms with Crippen LogP contribution in [-0.2, 0) is 16.6 Å². The highest BCUT2D eigenvalue weighted by Crippen LogP contribution is 2.21. The molecule has 2 N–H and O–H groups in total. The summed E-state index contributed by atoms with van der Waals surface area (Å²) in [7, 11) is -3.55. The first-order chi connectivity index (χ1) is 8.40. The molecule has 1 aromatic rings. The lowest BCUT2D eigenvalue weighted by Crippen LogP contribution is -2.32. The quantitative estimate of drug-likeness (QED) is 0.845. The number of benzene rings is 1. The van der Waals surface area contributed by atoms with E-state index >= 15 is 0 Å². The van der Waals surface area contributed by atoms with Gasteiger partial charge < -0.3 is 5.11 Å². The molecule has 0 saturated heterocycles. The number of hydrogen-bond acceptors (Lipinski definition) is 3. The van der Waals surface area contributed by atoms with E-state index in [2.05, 4.69) is 4.72 Å². The van der Waals surface area contributed by atoms with Crippen molar-refractivity contribution < 1.29 is 13.5 Å². The van der Waals surface area contributed by atoms with Crippen molar-refractivity contribution in [2.75, 3.05) is 0 Å². The first-order valence-electron chi connectivity index (χ1n) is 5.82. The zero-order valence-electron chi connectivity index (χ0n) is 10.5. The van der Waals surface area contributed by atoms with Gasteiger partial charge in [-0.3, -0.25) is 0 Å². The number of aliphatic hydroxyl groups is 1. The van der Waals surface area contributed by atoms with Crippen molar-refractivity contribution in [1.29, 1.82) is 0 Å². The van der Waals surface area contributed by atoms with Crippen molar-refractivity contribution in [2.24, 2.45) is 0 Å². The van der Waals surface area contributed by atoms with E-state index in [4.69, 9.17) is 16.7 Å². The fraction of sp³-hybridized carbons (Fsp3) is 0.500. The molecule has 1 aromatic carbocycles. The van der Waals surface area contributed by atoms with E-state index in [1.54, 1.807) is 0 Å². The Labute approximate surface area is 113 Å². The van der Waals surface area contributed by atoms with Crippen molar-refractivity contribution in [3.8, 4) is 0 Å². The fourth-order valence-corrected chi connectivity index (χ4v) is 3.26. The van der Waals surface area contributed by atoms with Gasteiger partial charge in [0.1, 0.15) is 0 Å². The molecule has 0 aromatic heterocycles. The van der Waals surface area contributed by atoms with E-state index < -0.39 is 10.0 Å².